The lowest BCUT2D eigenvalue weighted by atomic mass is 10.1. The van der Waals surface area contributed by atoms with Gasteiger partial charge in [-0.3, -0.25) is 14.8 Å². The summed E-state index contributed by atoms with van der Waals surface area (Å²) in [6.45, 7) is 1.20. The molecule has 3 aromatic rings. The van der Waals surface area contributed by atoms with Crippen molar-refractivity contribution in [3.8, 4) is 11.3 Å². The van der Waals surface area contributed by atoms with Gasteiger partial charge in [0.25, 0.3) is 0 Å². The highest BCUT2D eigenvalue weighted by Gasteiger charge is 2.49. The number of rotatable bonds is 6. The lowest BCUT2D eigenvalue weighted by molar-refractivity contribution is -0.137. The van der Waals surface area contributed by atoms with Crippen LogP contribution in [0.2, 0.25) is 0 Å². The number of sulfonamides is 1. The van der Waals surface area contributed by atoms with Gasteiger partial charge in [0.1, 0.15) is 18.0 Å². The Bertz CT molecular complexity index is 1390. The number of amides is 1. The second kappa shape index (κ2) is 10.1. The van der Waals surface area contributed by atoms with Crippen LogP contribution in [0.3, 0.4) is 0 Å². The summed E-state index contributed by atoms with van der Waals surface area (Å²) in [5.74, 6) is -1.40. The fourth-order valence-corrected chi connectivity index (χ4v) is 5.87. The fourth-order valence-electron chi connectivity index (χ4n) is 4.06. The van der Waals surface area contributed by atoms with Gasteiger partial charge in [-0.2, -0.15) is 17.5 Å². The molecule has 0 aliphatic carbocycles. The maximum atomic E-state index is 14.6. The third-order valence-corrected chi connectivity index (χ3v) is 8.03. The van der Waals surface area contributed by atoms with Gasteiger partial charge in [-0.1, -0.05) is 0 Å². The van der Waals surface area contributed by atoms with Crippen molar-refractivity contribution in [2.75, 3.05) is 0 Å². The smallest absolute Gasteiger partial charge is 0.349 e. The molecule has 198 valence electrons. The molecular formula is C24H23F5N4O3S. The van der Waals surface area contributed by atoms with E-state index in [0.29, 0.717) is 17.5 Å². The molecule has 0 radical (unpaired) electrons. The Kier molecular flexibility index (Phi) is 7.29. The Hall–Kier alpha value is -3.45. The molecule has 0 bridgehead atoms. The zero-order valence-electron chi connectivity index (χ0n) is 19.3. The Morgan fingerprint density at radius 1 is 1.14 bits per heavy atom. The van der Waals surface area contributed by atoms with Gasteiger partial charge in [0, 0.05) is 25.8 Å². The molecule has 1 saturated heterocycles. The number of benzene rings is 1. The molecule has 1 fully saturated rings. The van der Waals surface area contributed by atoms with E-state index < -0.39 is 51.7 Å². The second-order valence-corrected chi connectivity index (χ2v) is 10.3. The number of halogens is 5. The van der Waals surface area contributed by atoms with Crippen molar-refractivity contribution in [1.82, 2.24) is 19.6 Å². The first-order valence-corrected chi connectivity index (χ1v) is 12.5. The maximum Gasteiger partial charge on any atom is 0.417 e. The van der Waals surface area contributed by atoms with Gasteiger partial charge in [0.15, 0.2) is 0 Å². The van der Waals surface area contributed by atoms with Gasteiger partial charge >= 0.3 is 6.18 Å². The Morgan fingerprint density at radius 2 is 1.84 bits per heavy atom. The minimum absolute atomic E-state index is 0. The number of alkyl halides is 4. The van der Waals surface area contributed by atoms with Gasteiger partial charge < -0.3 is 5.32 Å². The normalized spacial score (nSPS) is 20.6. The van der Waals surface area contributed by atoms with Crippen LogP contribution in [0.25, 0.3) is 11.3 Å². The van der Waals surface area contributed by atoms with E-state index in [9.17, 15) is 35.2 Å². The molecular weight excluding hydrogens is 519 g/mol. The van der Waals surface area contributed by atoms with Crippen molar-refractivity contribution in [3.63, 3.8) is 0 Å². The predicted octanol–water partition coefficient (Wildman–Crippen LogP) is 4.35. The van der Waals surface area contributed by atoms with Crippen molar-refractivity contribution >= 4 is 15.9 Å². The van der Waals surface area contributed by atoms with E-state index in [0.717, 1.165) is 34.6 Å². The monoisotopic (exact) mass is 542 g/mol. The van der Waals surface area contributed by atoms with Crippen LogP contribution in [0.1, 0.15) is 26.0 Å². The van der Waals surface area contributed by atoms with E-state index in [1.165, 1.54) is 31.3 Å². The lowest BCUT2D eigenvalue weighted by Gasteiger charge is -2.26. The molecule has 1 amide bonds. The molecule has 7 nitrogen and oxygen atoms in total. The first kappa shape index (κ1) is 26.6. The lowest BCUT2D eigenvalue weighted by Crippen LogP contribution is -2.48. The summed E-state index contributed by atoms with van der Waals surface area (Å²) < 4.78 is 93.3. The summed E-state index contributed by atoms with van der Waals surface area (Å²) in [5, 5.41) is 2.55. The summed E-state index contributed by atoms with van der Waals surface area (Å²) >= 11 is 0. The van der Waals surface area contributed by atoms with Crippen molar-refractivity contribution in [1.29, 1.82) is 0 Å². The predicted molar refractivity (Wildman–Crippen MR) is 125 cm³/mol. The Morgan fingerprint density at radius 3 is 2.46 bits per heavy atom. The number of hydrogen-bond donors (Lipinski definition) is 1. The number of pyridine rings is 2. The minimum Gasteiger partial charge on any atom is -0.349 e. The zero-order valence-corrected chi connectivity index (χ0v) is 20.1. The SMILES string of the molecule is C[C@H]1[C@H](F)C[C@@H](C(=O)NCc2cc(-c3ccc(C(F)(F)F)cn3)ccn2)N1S(=O)(=O)c1ccc(F)cc1.[HH]. The van der Waals surface area contributed by atoms with E-state index in [1.807, 2.05) is 0 Å². The highest BCUT2D eigenvalue weighted by molar-refractivity contribution is 7.89. The van der Waals surface area contributed by atoms with E-state index in [4.69, 9.17) is 0 Å². The number of carbonyl (C=O) groups is 1. The molecule has 2 aromatic heterocycles. The van der Waals surface area contributed by atoms with Gasteiger partial charge in [0.2, 0.25) is 15.9 Å². The Labute approximate surface area is 210 Å². The van der Waals surface area contributed by atoms with Gasteiger partial charge in [-0.05, 0) is 55.5 Å². The van der Waals surface area contributed by atoms with Crippen molar-refractivity contribution in [3.05, 3.63) is 78.0 Å². The average molecular weight is 543 g/mol. The summed E-state index contributed by atoms with van der Waals surface area (Å²) in [4.78, 5) is 20.6. The molecule has 1 N–H and O–H groups in total. The number of nitrogens with zero attached hydrogens (tertiary/aromatic N) is 3. The third kappa shape index (κ3) is 5.62. The molecule has 3 heterocycles. The summed E-state index contributed by atoms with van der Waals surface area (Å²) in [6, 6.07) is 6.68. The molecule has 0 spiro atoms. The first-order chi connectivity index (χ1) is 17.4. The van der Waals surface area contributed by atoms with E-state index in [-0.39, 0.29) is 25.0 Å². The number of carbonyl (C=O) groups excluding carboxylic acids is 1. The first-order valence-electron chi connectivity index (χ1n) is 11.1. The third-order valence-electron chi connectivity index (χ3n) is 6.02. The number of hydrogen-bond acceptors (Lipinski definition) is 5. The molecule has 0 unspecified atom stereocenters. The molecule has 3 atom stereocenters. The summed E-state index contributed by atoms with van der Waals surface area (Å²) in [5.41, 5.74) is 0.134. The van der Waals surface area contributed by atoms with Crippen LogP contribution in [-0.4, -0.2) is 46.9 Å². The highest BCUT2D eigenvalue weighted by Crippen LogP contribution is 2.33. The van der Waals surface area contributed by atoms with Crippen LogP contribution in [0.5, 0.6) is 0 Å². The molecule has 0 saturated carbocycles. The molecule has 4 rings (SSSR count). The van der Waals surface area contributed by atoms with Crippen molar-refractivity contribution in [2.24, 2.45) is 0 Å². The topological polar surface area (TPSA) is 92.3 Å². The van der Waals surface area contributed by atoms with Crippen LogP contribution >= 0.6 is 0 Å². The largest absolute Gasteiger partial charge is 0.417 e. The summed E-state index contributed by atoms with van der Waals surface area (Å²) in [6.07, 6.45) is -4.39. The number of aromatic nitrogens is 2. The van der Waals surface area contributed by atoms with Crippen LogP contribution < -0.4 is 5.32 Å². The van der Waals surface area contributed by atoms with Crippen molar-refractivity contribution < 1.29 is 36.6 Å². The second-order valence-electron chi connectivity index (χ2n) is 8.48. The quantitative estimate of drug-likeness (QED) is 0.468. The summed E-state index contributed by atoms with van der Waals surface area (Å²) in [7, 11) is -4.31. The van der Waals surface area contributed by atoms with Crippen LogP contribution in [-0.2, 0) is 27.5 Å². The minimum atomic E-state index is -4.52. The van der Waals surface area contributed by atoms with Gasteiger partial charge in [-0.25, -0.2) is 17.2 Å². The molecule has 13 heteroatoms. The van der Waals surface area contributed by atoms with Crippen LogP contribution in [0.15, 0.2) is 65.8 Å². The van der Waals surface area contributed by atoms with Crippen molar-refractivity contribution in [2.45, 2.75) is 49.2 Å². The van der Waals surface area contributed by atoms with Crippen LogP contribution in [0, 0.1) is 5.82 Å². The van der Waals surface area contributed by atoms with E-state index >= 15 is 0 Å². The maximum absolute atomic E-state index is 14.6. The molecule has 37 heavy (non-hydrogen) atoms. The fraction of sp³-hybridized carbons (Fsp3) is 0.292. The van der Waals surface area contributed by atoms with Gasteiger partial charge in [0.05, 0.1) is 34.4 Å². The molecule has 1 aromatic carbocycles. The zero-order chi connectivity index (χ0) is 27.0. The molecule has 1 aliphatic heterocycles. The van der Waals surface area contributed by atoms with Gasteiger partial charge in [-0.15, -0.1) is 0 Å². The van der Waals surface area contributed by atoms with E-state index in [1.54, 1.807) is 0 Å². The standard InChI is InChI=1S/C24H21F5N4O3S.H2/c1-14-20(26)11-22(33(14)37(35,36)19-5-3-17(25)4-6-19)23(34)32-13-18-10-15(8-9-30-18)21-7-2-16(12-31-21)24(27,28)29;/h2-10,12,14,20,22H,11,13H2,1H3,(H,32,34);1H/t14-,20+,22-;/m0./s1. The highest BCUT2D eigenvalue weighted by atomic mass is 32.2. The van der Waals surface area contributed by atoms with E-state index in [2.05, 4.69) is 15.3 Å². The molecule has 1 aliphatic rings. The average Bonchev–Trinajstić information content (AvgIpc) is 3.17. The Balaban J connectivity index is 0.00000400. The van der Waals surface area contributed by atoms with Crippen LogP contribution in [0.4, 0.5) is 22.0 Å². The number of nitrogens with one attached hydrogen (secondary N) is 1.